The van der Waals surface area contributed by atoms with Gasteiger partial charge in [-0.2, -0.15) is 0 Å². The molecule has 2 rings (SSSR count). The van der Waals surface area contributed by atoms with Crippen molar-refractivity contribution in [3.63, 3.8) is 0 Å². The first-order chi connectivity index (χ1) is 6.16. The van der Waals surface area contributed by atoms with Crippen LogP contribution >= 0.6 is 11.6 Å². The van der Waals surface area contributed by atoms with Crippen LogP contribution in [0.1, 0.15) is 12.5 Å². The Morgan fingerprint density at radius 3 is 3.08 bits per heavy atom. The first-order valence-electron chi connectivity index (χ1n) is 4.29. The molecule has 0 radical (unpaired) electrons. The summed E-state index contributed by atoms with van der Waals surface area (Å²) < 4.78 is 0. The number of rotatable bonds is 0. The molecule has 1 aromatic rings. The van der Waals surface area contributed by atoms with Gasteiger partial charge in [0.15, 0.2) is 0 Å². The van der Waals surface area contributed by atoms with E-state index in [4.69, 9.17) is 17.3 Å². The number of fused-ring (bicyclic) bond motifs is 1. The van der Waals surface area contributed by atoms with Crippen molar-refractivity contribution in [1.82, 2.24) is 0 Å². The van der Waals surface area contributed by atoms with Gasteiger partial charge < -0.3 is 5.73 Å². The van der Waals surface area contributed by atoms with Crippen molar-refractivity contribution in [2.24, 2.45) is 16.6 Å². The van der Waals surface area contributed by atoms with E-state index in [1.807, 2.05) is 18.2 Å². The van der Waals surface area contributed by atoms with E-state index in [0.29, 0.717) is 5.92 Å². The minimum Gasteiger partial charge on any atom is -0.387 e. The Hall–Kier alpha value is -1.02. The zero-order valence-electron chi connectivity index (χ0n) is 7.42. The van der Waals surface area contributed by atoms with Gasteiger partial charge in [0.2, 0.25) is 0 Å². The van der Waals surface area contributed by atoms with Gasteiger partial charge in [0.25, 0.3) is 0 Å². The topological polar surface area (TPSA) is 38.4 Å². The summed E-state index contributed by atoms with van der Waals surface area (Å²) in [6, 6.07) is 5.72. The number of halogens is 1. The molecule has 0 saturated carbocycles. The van der Waals surface area contributed by atoms with Gasteiger partial charge in [-0.05, 0) is 30.2 Å². The third kappa shape index (κ3) is 1.54. The SMILES string of the molecule is CC1Cc2cc(Cl)ccc2N=C1N. The van der Waals surface area contributed by atoms with Crippen LogP contribution in [0.5, 0.6) is 0 Å². The lowest BCUT2D eigenvalue weighted by atomic mass is 9.96. The van der Waals surface area contributed by atoms with Crippen LogP contribution in [-0.4, -0.2) is 5.84 Å². The lowest BCUT2D eigenvalue weighted by Gasteiger charge is -2.18. The van der Waals surface area contributed by atoms with Gasteiger partial charge in [-0.25, -0.2) is 4.99 Å². The summed E-state index contributed by atoms with van der Waals surface area (Å²) >= 11 is 5.88. The van der Waals surface area contributed by atoms with E-state index in [1.165, 1.54) is 5.56 Å². The Morgan fingerprint density at radius 1 is 1.54 bits per heavy atom. The first-order valence-corrected chi connectivity index (χ1v) is 4.67. The van der Waals surface area contributed by atoms with Crippen molar-refractivity contribution in [3.8, 4) is 0 Å². The number of hydrogen-bond donors (Lipinski definition) is 1. The molecule has 0 aromatic heterocycles. The van der Waals surface area contributed by atoms with Gasteiger partial charge in [-0.1, -0.05) is 18.5 Å². The highest BCUT2D eigenvalue weighted by Gasteiger charge is 2.16. The zero-order chi connectivity index (χ0) is 9.42. The molecule has 1 aromatic carbocycles. The summed E-state index contributed by atoms with van der Waals surface area (Å²) in [6.45, 7) is 2.07. The van der Waals surface area contributed by atoms with Gasteiger partial charge in [0.05, 0.1) is 5.69 Å². The van der Waals surface area contributed by atoms with Crippen LogP contribution in [-0.2, 0) is 6.42 Å². The number of aliphatic imine (C=N–C) groups is 1. The fourth-order valence-electron chi connectivity index (χ4n) is 1.51. The molecule has 1 unspecified atom stereocenters. The molecule has 2 nitrogen and oxygen atoms in total. The minimum absolute atomic E-state index is 0.325. The highest BCUT2D eigenvalue weighted by Crippen LogP contribution is 2.29. The van der Waals surface area contributed by atoms with Crippen molar-refractivity contribution < 1.29 is 0 Å². The monoisotopic (exact) mass is 194 g/mol. The average molecular weight is 195 g/mol. The Labute approximate surface area is 82.4 Å². The number of nitrogens with two attached hydrogens (primary N) is 1. The highest BCUT2D eigenvalue weighted by atomic mass is 35.5. The molecule has 3 heteroatoms. The molecule has 1 atom stereocenters. The van der Waals surface area contributed by atoms with Crippen molar-refractivity contribution in [2.75, 3.05) is 0 Å². The van der Waals surface area contributed by atoms with E-state index in [9.17, 15) is 0 Å². The maximum absolute atomic E-state index is 5.88. The van der Waals surface area contributed by atoms with E-state index in [1.54, 1.807) is 0 Å². The van der Waals surface area contributed by atoms with Crippen molar-refractivity contribution in [1.29, 1.82) is 0 Å². The van der Waals surface area contributed by atoms with Gasteiger partial charge >= 0.3 is 0 Å². The molecule has 13 heavy (non-hydrogen) atoms. The lowest BCUT2D eigenvalue weighted by molar-refractivity contribution is 0.746. The molecule has 0 fully saturated rings. The fourth-order valence-corrected chi connectivity index (χ4v) is 1.71. The van der Waals surface area contributed by atoms with Crippen LogP contribution in [0.2, 0.25) is 5.02 Å². The molecule has 68 valence electrons. The molecule has 0 bridgehead atoms. The summed E-state index contributed by atoms with van der Waals surface area (Å²) in [7, 11) is 0. The normalized spacial score (nSPS) is 20.8. The second-order valence-electron chi connectivity index (χ2n) is 3.41. The Kier molecular flexibility index (Phi) is 2.00. The van der Waals surface area contributed by atoms with E-state index >= 15 is 0 Å². The Bertz CT molecular complexity index is 371. The number of amidine groups is 1. The van der Waals surface area contributed by atoms with E-state index in [0.717, 1.165) is 23.0 Å². The molecule has 1 aliphatic rings. The number of hydrogen-bond acceptors (Lipinski definition) is 2. The van der Waals surface area contributed by atoms with Crippen LogP contribution in [0.3, 0.4) is 0 Å². The summed E-state index contributed by atoms with van der Waals surface area (Å²) in [4.78, 5) is 4.30. The predicted molar refractivity (Wildman–Crippen MR) is 55.6 cm³/mol. The van der Waals surface area contributed by atoms with Crippen molar-refractivity contribution in [3.05, 3.63) is 28.8 Å². The minimum atomic E-state index is 0.325. The van der Waals surface area contributed by atoms with Gasteiger partial charge in [0.1, 0.15) is 5.84 Å². The molecule has 0 amide bonds. The zero-order valence-corrected chi connectivity index (χ0v) is 8.17. The van der Waals surface area contributed by atoms with Crippen LogP contribution in [0.25, 0.3) is 0 Å². The Morgan fingerprint density at radius 2 is 2.31 bits per heavy atom. The average Bonchev–Trinajstić information content (AvgIpc) is 2.08. The summed E-state index contributed by atoms with van der Waals surface area (Å²) in [5, 5.41) is 0.765. The Balaban J connectivity index is 2.50. The highest BCUT2D eigenvalue weighted by molar-refractivity contribution is 6.30. The van der Waals surface area contributed by atoms with E-state index in [2.05, 4.69) is 11.9 Å². The standard InChI is InChI=1S/C10H11ClN2/c1-6-4-7-5-8(11)2-3-9(7)13-10(6)12/h2-3,5-6H,4H2,1H3,(H2,12,13). The van der Waals surface area contributed by atoms with Gasteiger partial charge in [-0.15, -0.1) is 0 Å². The molecule has 2 N–H and O–H groups in total. The van der Waals surface area contributed by atoms with Crippen molar-refractivity contribution >= 4 is 23.1 Å². The third-order valence-electron chi connectivity index (χ3n) is 2.32. The summed E-state index contributed by atoms with van der Waals surface area (Å²) in [6.07, 6.45) is 0.936. The van der Waals surface area contributed by atoms with Gasteiger partial charge in [0, 0.05) is 10.9 Å². The molecule has 0 spiro atoms. The van der Waals surface area contributed by atoms with Crippen LogP contribution in [0.4, 0.5) is 5.69 Å². The molecule has 0 aliphatic carbocycles. The predicted octanol–water partition coefficient (Wildman–Crippen LogP) is 2.52. The maximum Gasteiger partial charge on any atom is 0.103 e. The molecule has 1 heterocycles. The van der Waals surface area contributed by atoms with Crippen LogP contribution in [0.15, 0.2) is 23.2 Å². The number of benzene rings is 1. The van der Waals surface area contributed by atoms with E-state index in [-0.39, 0.29) is 0 Å². The third-order valence-corrected chi connectivity index (χ3v) is 2.56. The van der Waals surface area contributed by atoms with Gasteiger partial charge in [-0.3, -0.25) is 0 Å². The quantitative estimate of drug-likeness (QED) is 0.677. The largest absolute Gasteiger partial charge is 0.387 e. The van der Waals surface area contributed by atoms with Crippen LogP contribution in [0, 0.1) is 5.92 Å². The van der Waals surface area contributed by atoms with Crippen molar-refractivity contribution in [2.45, 2.75) is 13.3 Å². The number of nitrogens with zero attached hydrogens (tertiary/aromatic N) is 1. The molecule has 1 aliphatic heterocycles. The molecule has 0 saturated heterocycles. The smallest absolute Gasteiger partial charge is 0.103 e. The van der Waals surface area contributed by atoms with E-state index < -0.39 is 0 Å². The summed E-state index contributed by atoms with van der Waals surface area (Å²) in [5.74, 6) is 1.04. The first kappa shape index (κ1) is 8.57. The lowest BCUT2D eigenvalue weighted by Crippen LogP contribution is -2.25. The van der Waals surface area contributed by atoms with Crippen LogP contribution < -0.4 is 5.73 Å². The maximum atomic E-state index is 5.88. The second kappa shape index (κ2) is 3.04. The molecular formula is C10H11ClN2. The fraction of sp³-hybridized carbons (Fsp3) is 0.300. The molecular weight excluding hydrogens is 184 g/mol. The summed E-state index contributed by atoms with van der Waals surface area (Å²) in [5.41, 5.74) is 7.90. The second-order valence-corrected chi connectivity index (χ2v) is 3.85.